The molecule has 0 spiro atoms. The second kappa shape index (κ2) is 18.7. The quantitative estimate of drug-likeness (QED) is 0.122. The lowest BCUT2D eigenvalue weighted by atomic mass is 9.88. The first kappa shape index (κ1) is 41.9. The number of ketones is 3. The number of carbonyl (C=O) groups is 7. The Bertz CT molecular complexity index is 1040. The molecule has 0 heterocycles. The molecule has 1 N–H and O–H groups in total. The Morgan fingerprint density at radius 1 is 0.578 bits per heavy atom. The third-order valence-electron chi connectivity index (χ3n) is 5.99. The first-order valence-corrected chi connectivity index (χ1v) is 15.4. The lowest BCUT2D eigenvalue weighted by Gasteiger charge is -2.26. The molecule has 45 heavy (non-hydrogen) atoms. The van der Waals surface area contributed by atoms with Crippen LogP contribution in [0, 0.1) is 11.8 Å². The van der Waals surface area contributed by atoms with Crippen molar-refractivity contribution in [3.8, 4) is 0 Å². The normalized spacial score (nSPS) is 14.0. The molecule has 12 heteroatoms. The number of unbranched alkanes of at least 4 members (excludes halogenated alkanes) is 1. The number of carbonyl (C=O) groups excluding carboxylic acids is 7. The van der Waals surface area contributed by atoms with Gasteiger partial charge in [0.2, 0.25) is 5.91 Å². The van der Waals surface area contributed by atoms with E-state index < -0.39 is 83.5 Å². The van der Waals surface area contributed by atoms with E-state index in [1.165, 1.54) is 6.92 Å². The van der Waals surface area contributed by atoms with E-state index in [0.717, 1.165) is 0 Å². The maximum Gasteiger partial charge on any atom is 0.308 e. The largest absolute Gasteiger partial charge is 0.460 e. The molecule has 0 rings (SSSR count). The van der Waals surface area contributed by atoms with Gasteiger partial charge in [0.25, 0.3) is 0 Å². The molecule has 0 aromatic heterocycles. The van der Waals surface area contributed by atoms with E-state index in [0.29, 0.717) is 19.4 Å². The van der Waals surface area contributed by atoms with Crippen LogP contribution in [-0.2, 0) is 52.5 Å². The van der Waals surface area contributed by atoms with Crippen molar-refractivity contribution in [3.05, 3.63) is 0 Å². The molecule has 0 aromatic rings. The van der Waals surface area contributed by atoms with Crippen molar-refractivity contribution in [1.29, 1.82) is 0 Å². The molecule has 0 aliphatic rings. The standard InChI is InChI=1S/C33H55NO11/c1-21(35)16-23(19-28(39)44-32(5,6)7)30(41)34-24(20-29(40)45-33(8,9)10)26(37)17-22(18-27(38)43-31(2,3)4)25(36)14-12-13-15-42-11/h22-24H,12-20H2,1-11H3,(H,34,41)/t22-,23-,24-/m0/s1. The van der Waals surface area contributed by atoms with Crippen LogP contribution in [0.25, 0.3) is 0 Å². The molecule has 0 unspecified atom stereocenters. The average molecular weight is 642 g/mol. The molecular weight excluding hydrogens is 586 g/mol. The van der Waals surface area contributed by atoms with Crippen LogP contribution >= 0.6 is 0 Å². The van der Waals surface area contributed by atoms with E-state index in [-0.39, 0.29) is 30.8 Å². The molecule has 3 atom stereocenters. The molecule has 0 radical (unpaired) electrons. The van der Waals surface area contributed by atoms with Gasteiger partial charge in [-0.25, -0.2) is 0 Å². The number of hydrogen-bond acceptors (Lipinski definition) is 11. The highest BCUT2D eigenvalue weighted by Crippen LogP contribution is 2.22. The zero-order chi connectivity index (χ0) is 35.2. The molecule has 0 bridgehead atoms. The Labute approximate surface area is 268 Å². The van der Waals surface area contributed by atoms with Crippen LogP contribution in [0.1, 0.15) is 121 Å². The Morgan fingerprint density at radius 2 is 1.02 bits per heavy atom. The van der Waals surface area contributed by atoms with Crippen LogP contribution in [0.3, 0.4) is 0 Å². The number of Topliss-reactive ketones (excluding diaryl/α,β-unsaturated/α-hetero) is 3. The summed E-state index contributed by atoms with van der Waals surface area (Å²) < 4.78 is 21.1. The van der Waals surface area contributed by atoms with Gasteiger partial charge in [-0.2, -0.15) is 0 Å². The summed E-state index contributed by atoms with van der Waals surface area (Å²) in [5.74, 6) is -6.62. The van der Waals surface area contributed by atoms with Crippen molar-refractivity contribution in [2.24, 2.45) is 11.8 Å². The fourth-order valence-corrected chi connectivity index (χ4v) is 4.29. The van der Waals surface area contributed by atoms with E-state index in [1.54, 1.807) is 69.4 Å². The maximum absolute atomic E-state index is 13.7. The smallest absolute Gasteiger partial charge is 0.308 e. The van der Waals surface area contributed by atoms with Crippen LogP contribution in [0.5, 0.6) is 0 Å². The minimum atomic E-state index is -1.46. The van der Waals surface area contributed by atoms with Gasteiger partial charge in [-0.3, -0.25) is 28.8 Å². The first-order chi connectivity index (χ1) is 20.4. The Morgan fingerprint density at radius 3 is 1.44 bits per heavy atom. The topological polar surface area (TPSA) is 168 Å². The molecule has 0 aromatic carbocycles. The second-order valence-corrected chi connectivity index (χ2v) is 14.3. The molecule has 0 fully saturated rings. The van der Waals surface area contributed by atoms with Gasteiger partial charge >= 0.3 is 17.9 Å². The predicted molar refractivity (Wildman–Crippen MR) is 166 cm³/mol. The monoisotopic (exact) mass is 641 g/mol. The van der Waals surface area contributed by atoms with Gasteiger partial charge in [-0.1, -0.05) is 0 Å². The van der Waals surface area contributed by atoms with E-state index >= 15 is 0 Å². The summed E-state index contributed by atoms with van der Waals surface area (Å²) >= 11 is 0. The highest BCUT2D eigenvalue weighted by atomic mass is 16.6. The second-order valence-electron chi connectivity index (χ2n) is 14.3. The van der Waals surface area contributed by atoms with Crippen molar-refractivity contribution < 1.29 is 52.5 Å². The number of hydrogen-bond donors (Lipinski definition) is 1. The van der Waals surface area contributed by atoms with Gasteiger partial charge < -0.3 is 29.1 Å². The van der Waals surface area contributed by atoms with Gasteiger partial charge in [0.15, 0.2) is 5.78 Å². The number of rotatable bonds is 19. The first-order valence-electron chi connectivity index (χ1n) is 15.4. The zero-order valence-electron chi connectivity index (χ0n) is 29.1. The molecule has 1 amide bonds. The predicted octanol–water partition coefficient (Wildman–Crippen LogP) is 4.22. The summed E-state index contributed by atoms with van der Waals surface area (Å²) in [6.45, 7) is 16.6. The minimum Gasteiger partial charge on any atom is -0.460 e. The summed E-state index contributed by atoms with van der Waals surface area (Å²) in [5.41, 5.74) is -2.54. The minimum absolute atomic E-state index is 0.0871. The van der Waals surface area contributed by atoms with Crippen LogP contribution in [0.2, 0.25) is 0 Å². The zero-order valence-corrected chi connectivity index (χ0v) is 29.1. The van der Waals surface area contributed by atoms with Crippen molar-refractivity contribution in [2.75, 3.05) is 13.7 Å². The molecule has 258 valence electrons. The van der Waals surface area contributed by atoms with Crippen LogP contribution < -0.4 is 5.32 Å². The highest BCUT2D eigenvalue weighted by molar-refractivity contribution is 5.97. The van der Waals surface area contributed by atoms with Crippen molar-refractivity contribution >= 4 is 41.2 Å². The van der Waals surface area contributed by atoms with Gasteiger partial charge in [-0.15, -0.1) is 0 Å². The summed E-state index contributed by atoms with van der Waals surface area (Å²) in [4.78, 5) is 90.2. The van der Waals surface area contributed by atoms with Gasteiger partial charge in [0.1, 0.15) is 28.4 Å². The fourth-order valence-electron chi connectivity index (χ4n) is 4.29. The van der Waals surface area contributed by atoms with E-state index in [2.05, 4.69) is 5.32 Å². The van der Waals surface area contributed by atoms with Crippen molar-refractivity contribution in [1.82, 2.24) is 5.32 Å². The van der Waals surface area contributed by atoms with E-state index in [9.17, 15) is 33.6 Å². The van der Waals surface area contributed by atoms with Crippen molar-refractivity contribution in [2.45, 2.75) is 143 Å². The Kier molecular flexibility index (Phi) is 17.4. The highest BCUT2D eigenvalue weighted by Gasteiger charge is 2.35. The Balaban J connectivity index is 6.22. The SMILES string of the molecule is COCCCCC(=O)[C@H](CC(=O)OC(C)(C)C)CC(=O)[C@H](CC(=O)OC(C)(C)C)NC(=O)[C@@H](CC(C)=O)CC(=O)OC(C)(C)C. The van der Waals surface area contributed by atoms with Crippen LogP contribution in [0.15, 0.2) is 0 Å². The summed E-state index contributed by atoms with van der Waals surface area (Å²) in [7, 11) is 1.54. The summed E-state index contributed by atoms with van der Waals surface area (Å²) in [6, 6.07) is -1.46. The van der Waals surface area contributed by atoms with Crippen LogP contribution in [0.4, 0.5) is 0 Å². The number of nitrogens with one attached hydrogen (secondary N) is 1. The fraction of sp³-hybridized carbons (Fsp3) is 0.788. The molecule has 0 saturated carbocycles. The molecule has 0 aliphatic heterocycles. The number of methoxy groups -OCH3 is 1. The van der Waals surface area contributed by atoms with E-state index in [4.69, 9.17) is 18.9 Å². The molecule has 0 aliphatic carbocycles. The van der Waals surface area contributed by atoms with Gasteiger partial charge in [0, 0.05) is 38.9 Å². The number of esters is 3. The maximum atomic E-state index is 13.7. The summed E-state index contributed by atoms with van der Waals surface area (Å²) in [6.07, 6.45) is -0.976. The molecule has 0 saturated heterocycles. The number of amides is 1. The van der Waals surface area contributed by atoms with E-state index in [1.807, 2.05) is 0 Å². The third kappa shape index (κ3) is 21.3. The number of ether oxygens (including phenoxy) is 4. The summed E-state index contributed by atoms with van der Waals surface area (Å²) in [5, 5.41) is 2.51. The third-order valence-corrected chi connectivity index (χ3v) is 5.99. The average Bonchev–Trinajstić information content (AvgIpc) is 2.81. The lowest BCUT2D eigenvalue weighted by molar-refractivity contribution is -0.159. The molecule has 12 nitrogen and oxygen atoms in total. The van der Waals surface area contributed by atoms with Crippen molar-refractivity contribution in [3.63, 3.8) is 0 Å². The van der Waals surface area contributed by atoms with Crippen LogP contribution in [-0.4, -0.2) is 77.7 Å². The Hall–Kier alpha value is -3.15. The van der Waals surface area contributed by atoms with Gasteiger partial charge in [-0.05, 0) is 82.1 Å². The van der Waals surface area contributed by atoms with Gasteiger partial charge in [0.05, 0.1) is 31.2 Å². The molecular formula is C33H55NO11. The lowest BCUT2D eigenvalue weighted by Crippen LogP contribution is -2.47.